The molecule has 3 nitrogen and oxygen atoms in total. The largest absolute Gasteiger partial charge is 0.356 e. The molecule has 0 saturated carbocycles. The molecule has 1 fully saturated rings. The van der Waals surface area contributed by atoms with Gasteiger partial charge in [0.05, 0.1) is 5.02 Å². The van der Waals surface area contributed by atoms with Crippen LogP contribution in [0.2, 0.25) is 5.02 Å². The predicted molar refractivity (Wildman–Crippen MR) is 85.3 cm³/mol. The predicted octanol–water partition coefficient (Wildman–Crippen LogP) is 3.40. The van der Waals surface area contributed by atoms with Gasteiger partial charge < -0.3 is 15.2 Å². The van der Waals surface area contributed by atoms with Crippen LogP contribution in [0, 0.1) is 0 Å². The first-order chi connectivity index (χ1) is 9.78. The van der Waals surface area contributed by atoms with Crippen molar-refractivity contribution in [3.05, 3.63) is 35.0 Å². The number of fused-ring (bicyclic) bond motifs is 1. The van der Waals surface area contributed by atoms with Gasteiger partial charge in [0.15, 0.2) is 0 Å². The average Bonchev–Trinajstić information content (AvgIpc) is 2.82. The molecule has 1 aliphatic rings. The first-order valence-electron chi connectivity index (χ1n) is 7.48. The summed E-state index contributed by atoms with van der Waals surface area (Å²) in [5.41, 5.74) is 2.22. The van der Waals surface area contributed by atoms with Crippen molar-refractivity contribution in [2.24, 2.45) is 0 Å². The molecule has 0 aliphatic carbocycles. The Bertz CT molecular complexity index is 578. The summed E-state index contributed by atoms with van der Waals surface area (Å²) in [6.07, 6.45) is 2.54. The minimum absolute atomic E-state index is 0.575. The molecule has 2 N–H and O–H groups in total. The van der Waals surface area contributed by atoms with Gasteiger partial charge in [-0.2, -0.15) is 0 Å². The maximum absolute atomic E-state index is 6.45. The molecule has 1 aromatic carbocycles. The normalized spacial score (nSPS) is 20.6. The van der Waals surface area contributed by atoms with E-state index in [1.165, 1.54) is 19.4 Å². The number of hydrogen-bond acceptors (Lipinski definition) is 2. The molecule has 3 rings (SSSR count). The van der Waals surface area contributed by atoms with Gasteiger partial charge in [-0.1, -0.05) is 36.7 Å². The van der Waals surface area contributed by atoms with Crippen molar-refractivity contribution < 1.29 is 0 Å². The third kappa shape index (κ3) is 2.85. The van der Waals surface area contributed by atoms with Crippen LogP contribution in [-0.2, 0) is 6.54 Å². The maximum atomic E-state index is 6.45. The summed E-state index contributed by atoms with van der Waals surface area (Å²) in [5, 5.41) is 5.62. The Hall–Kier alpha value is -1.03. The second-order valence-electron chi connectivity index (χ2n) is 5.58. The SMILES string of the molecule is CCN1CCCC(NCc2[nH]c3ccccc3c2Cl)C1. The number of nitrogens with one attached hydrogen (secondary N) is 2. The number of benzene rings is 1. The lowest BCUT2D eigenvalue weighted by atomic mass is 10.1. The molecule has 0 radical (unpaired) electrons. The monoisotopic (exact) mass is 291 g/mol. The molecule has 1 aliphatic heterocycles. The van der Waals surface area contributed by atoms with Crippen molar-refractivity contribution in [2.45, 2.75) is 32.4 Å². The molecule has 4 heteroatoms. The number of rotatable bonds is 4. The van der Waals surface area contributed by atoms with E-state index in [4.69, 9.17) is 11.6 Å². The van der Waals surface area contributed by atoms with E-state index >= 15 is 0 Å². The van der Waals surface area contributed by atoms with Gasteiger partial charge in [-0.05, 0) is 32.0 Å². The molecule has 20 heavy (non-hydrogen) atoms. The lowest BCUT2D eigenvalue weighted by Gasteiger charge is -2.32. The van der Waals surface area contributed by atoms with Crippen LogP contribution >= 0.6 is 11.6 Å². The second-order valence-corrected chi connectivity index (χ2v) is 5.95. The van der Waals surface area contributed by atoms with Crippen molar-refractivity contribution in [3.63, 3.8) is 0 Å². The summed E-state index contributed by atoms with van der Waals surface area (Å²) in [6.45, 7) is 6.58. The molecule has 1 atom stereocenters. The van der Waals surface area contributed by atoms with Crippen molar-refractivity contribution in [1.82, 2.24) is 15.2 Å². The number of hydrogen-bond donors (Lipinski definition) is 2. The summed E-state index contributed by atoms with van der Waals surface area (Å²) in [6, 6.07) is 8.78. The fraction of sp³-hybridized carbons (Fsp3) is 0.500. The Balaban J connectivity index is 1.66. The fourth-order valence-corrected chi connectivity index (χ4v) is 3.32. The van der Waals surface area contributed by atoms with Crippen molar-refractivity contribution in [2.75, 3.05) is 19.6 Å². The highest BCUT2D eigenvalue weighted by Crippen LogP contribution is 2.27. The highest BCUT2D eigenvalue weighted by Gasteiger charge is 2.18. The highest BCUT2D eigenvalue weighted by atomic mass is 35.5. The van der Waals surface area contributed by atoms with E-state index in [1.807, 2.05) is 12.1 Å². The van der Waals surface area contributed by atoms with Crippen LogP contribution in [0.5, 0.6) is 0 Å². The van der Waals surface area contributed by atoms with Crippen LogP contribution in [0.4, 0.5) is 0 Å². The molecule has 2 aromatic rings. The third-order valence-electron chi connectivity index (χ3n) is 4.23. The number of likely N-dealkylation sites (N-methyl/N-ethyl adjacent to an activating group) is 1. The zero-order chi connectivity index (χ0) is 13.9. The fourth-order valence-electron chi connectivity index (χ4n) is 3.04. The maximum Gasteiger partial charge on any atom is 0.0705 e. The van der Waals surface area contributed by atoms with Crippen molar-refractivity contribution >= 4 is 22.5 Å². The first kappa shape index (κ1) is 13.9. The minimum atomic E-state index is 0.575. The zero-order valence-corrected chi connectivity index (χ0v) is 12.7. The Morgan fingerprint density at radius 3 is 3.05 bits per heavy atom. The number of aromatic amines is 1. The smallest absolute Gasteiger partial charge is 0.0705 e. The van der Waals surface area contributed by atoms with Crippen molar-refractivity contribution in [3.8, 4) is 0 Å². The Kier molecular flexibility index (Phi) is 4.29. The van der Waals surface area contributed by atoms with E-state index in [1.54, 1.807) is 0 Å². The summed E-state index contributed by atoms with van der Waals surface area (Å²) in [7, 11) is 0. The van der Waals surface area contributed by atoms with Gasteiger partial charge in [0.1, 0.15) is 0 Å². The van der Waals surface area contributed by atoms with Gasteiger partial charge in [0, 0.05) is 35.7 Å². The van der Waals surface area contributed by atoms with Crippen LogP contribution in [-0.4, -0.2) is 35.6 Å². The van der Waals surface area contributed by atoms with Crippen LogP contribution in [0.1, 0.15) is 25.5 Å². The van der Waals surface area contributed by atoms with E-state index in [0.29, 0.717) is 6.04 Å². The topological polar surface area (TPSA) is 31.1 Å². The van der Waals surface area contributed by atoms with Crippen LogP contribution < -0.4 is 5.32 Å². The van der Waals surface area contributed by atoms with Gasteiger partial charge in [-0.25, -0.2) is 0 Å². The van der Waals surface area contributed by atoms with Gasteiger partial charge in [0.25, 0.3) is 0 Å². The third-order valence-corrected chi connectivity index (χ3v) is 4.67. The lowest BCUT2D eigenvalue weighted by molar-refractivity contribution is 0.198. The van der Waals surface area contributed by atoms with Crippen LogP contribution in [0.25, 0.3) is 10.9 Å². The van der Waals surface area contributed by atoms with Gasteiger partial charge in [-0.15, -0.1) is 0 Å². The first-order valence-corrected chi connectivity index (χ1v) is 7.86. The molecular weight excluding hydrogens is 270 g/mol. The number of piperidine rings is 1. The van der Waals surface area contributed by atoms with E-state index in [9.17, 15) is 0 Å². The average molecular weight is 292 g/mol. The quantitative estimate of drug-likeness (QED) is 0.905. The van der Waals surface area contributed by atoms with Gasteiger partial charge in [0.2, 0.25) is 0 Å². The number of nitrogens with zero attached hydrogens (tertiary/aromatic N) is 1. The molecule has 1 saturated heterocycles. The van der Waals surface area contributed by atoms with Crippen LogP contribution in [0.15, 0.2) is 24.3 Å². The lowest BCUT2D eigenvalue weighted by Crippen LogP contribution is -2.45. The van der Waals surface area contributed by atoms with E-state index < -0.39 is 0 Å². The van der Waals surface area contributed by atoms with Crippen LogP contribution in [0.3, 0.4) is 0 Å². The molecule has 1 unspecified atom stereocenters. The summed E-state index contributed by atoms with van der Waals surface area (Å²) in [5.74, 6) is 0. The highest BCUT2D eigenvalue weighted by molar-refractivity contribution is 6.36. The molecule has 0 spiro atoms. The molecule has 0 amide bonds. The Morgan fingerprint density at radius 1 is 1.40 bits per heavy atom. The zero-order valence-electron chi connectivity index (χ0n) is 12.0. The number of halogens is 1. The van der Waals surface area contributed by atoms with E-state index in [2.05, 4.69) is 34.3 Å². The summed E-state index contributed by atoms with van der Waals surface area (Å²) in [4.78, 5) is 5.93. The molecular formula is C16H22ClN3. The minimum Gasteiger partial charge on any atom is -0.356 e. The standard InChI is InChI=1S/C16H22ClN3/c1-2-20-9-5-6-12(11-20)18-10-15-16(17)13-7-3-4-8-14(13)19-15/h3-4,7-8,12,18-19H,2,5-6,9-11H2,1H3. The molecule has 108 valence electrons. The number of aromatic nitrogens is 1. The van der Waals surface area contributed by atoms with Crippen molar-refractivity contribution in [1.29, 1.82) is 0 Å². The molecule has 2 heterocycles. The second kappa shape index (κ2) is 6.17. The molecule has 0 bridgehead atoms. The number of H-pyrrole nitrogens is 1. The Labute approximate surface area is 125 Å². The Morgan fingerprint density at radius 2 is 2.25 bits per heavy atom. The number of para-hydroxylation sites is 1. The molecule has 1 aromatic heterocycles. The van der Waals surface area contributed by atoms with E-state index in [0.717, 1.165) is 41.3 Å². The summed E-state index contributed by atoms with van der Waals surface area (Å²) >= 11 is 6.45. The summed E-state index contributed by atoms with van der Waals surface area (Å²) < 4.78 is 0. The van der Waals surface area contributed by atoms with Gasteiger partial charge >= 0.3 is 0 Å². The van der Waals surface area contributed by atoms with Gasteiger partial charge in [-0.3, -0.25) is 0 Å². The van der Waals surface area contributed by atoms with E-state index in [-0.39, 0.29) is 0 Å². The number of likely N-dealkylation sites (tertiary alicyclic amines) is 1.